The van der Waals surface area contributed by atoms with Crippen LogP contribution in [0.4, 0.5) is 5.69 Å². The first-order valence-corrected chi connectivity index (χ1v) is 12.4. The monoisotopic (exact) mass is 458 g/mol. The Kier molecular flexibility index (Phi) is 6.27. The maximum absolute atomic E-state index is 13.0. The molecule has 1 N–H and O–H groups in total. The predicted octanol–water partition coefficient (Wildman–Crippen LogP) is 3.11. The van der Waals surface area contributed by atoms with E-state index in [-0.39, 0.29) is 16.0 Å². The van der Waals surface area contributed by atoms with Crippen LogP contribution in [0.1, 0.15) is 28.7 Å². The summed E-state index contributed by atoms with van der Waals surface area (Å²) in [6, 6.07) is 10.4. The Balaban J connectivity index is 1.58. The number of rotatable bonds is 4. The number of anilines is 1. The summed E-state index contributed by atoms with van der Waals surface area (Å²) in [4.78, 5) is 4.77. The molecule has 0 amide bonds. The SMILES string of the molecule is Cc1ccc(N2CCN(C)CC2)c2c1CC[C@@H](NS(=O)(=O)c1ccc(C#N)cc1Cl)C2. The molecule has 1 atom stereocenters. The van der Waals surface area contributed by atoms with E-state index in [1.807, 2.05) is 6.07 Å². The average molecular weight is 459 g/mol. The molecule has 8 heteroatoms. The fourth-order valence-electron chi connectivity index (χ4n) is 4.56. The van der Waals surface area contributed by atoms with Gasteiger partial charge in [-0.1, -0.05) is 17.7 Å². The molecule has 1 heterocycles. The Morgan fingerprint density at radius 2 is 1.87 bits per heavy atom. The first-order chi connectivity index (χ1) is 14.8. The van der Waals surface area contributed by atoms with Gasteiger partial charge in [-0.25, -0.2) is 13.1 Å². The minimum Gasteiger partial charge on any atom is -0.369 e. The second kappa shape index (κ2) is 8.79. The maximum Gasteiger partial charge on any atom is 0.242 e. The van der Waals surface area contributed by atoms with Crippen molar-refractivity contribution >= 4 is 27.3 Å². The molecule has 0 unspecified atom stereocenters. The number of benzene rings is 2. The van der Waals surface area contributed by atoms with Crippen molar-refractivity contribution in [1.29, 1.82) is 5.26 Å². The third kappa shape index (κ3) is 4.58. The third-order valence-electron chi connectivity index (χ3n) is 6.35. The quantitative estimate of drug-likeness (QED) is 0.761. The highest BCUT2D eigenvalue weighted by atomic mass is 35.5. The summed E-state index contributed by atoms with van der Waals surface area (Å²) in [6.07, 6.45) is 2.25. The molecule has 2 aromatic carbocycles. The van der Waals surface area contributed by atoms with Crippen molar-refractivity contribution in [2.75, 3.05) is 38.1 Å². The Hall–Kier alpha value is -2.11. The number of nitriles is 1. The van der Waals surface area contributed by atoms with Crippen molar-refractivity contribution in [2.45, 2.75) is 37.1 Å². The van der Waals surface area contributed by atoms with E-state index in [4.69, 9.17) is 16.9 Å². The second-order valence-corrected chi connectivity index (χ2v) is 10.6. The molecule has 31 heavy (non-hydrogen) atoms. The van der Waals surface area contributed by atoms with Crippen molar-refractivity contribution in [3.8, 4) is 6.07 Å². The van der Waals surface area contributed by atoms with Gasteiger partial charge >= 0.3 is 0 Å². The Morgan fingerprint density at radius 3 is 2.55 bits per heavy atom. The molecular weight excluding hydrogens is 432 g/mol. The molecule has 0 bridgehead atoms. The summed E-state index contributed by atoms with van der Waals surface area (Å²) in [6.45, 7) is 6.13. The minimum atomic E-state index is -3.78. The summed E-state index contributed by atoms with van der Waals surface area (Å²) < 4.78 is 28.9. The van der Waals surface area contributed by atoms with Crippen LogP contribution in [-0.2, 0) is 22.9 Å². The number of piperazine rings is 1. The third-order valence-corrected chi connectivity index (χ3v) is 8.35. The molecule has 0 aromatic heterocycles. The number of aryl methyl sites for hydroxylation is 1. The van der Waals surface area contributed by atoms with Crippen LogP contribution in [0.3, 0.4) is 0 Å². The van der Waals surface area contributed by atoms with Crippen molar-refractivity contribution in [2.24, 2.45) is 0 Å². The number of sulfonamides is 1. The van der Waals surface area contributed by atoms with Gasteiger partial charge in [-0.3, -0.25) is 0 Å². The minimum absolute atomic E-state index is 0.0162. The normalized spacial score (nSPS) is 19.7. The number of hydrogen-bond donors (Lipinski definition) is 1. The van der Waals surface area contributed by atoms with Crippen LogP contribution in [-0.4, -0.2) is 52.6 Å². The zero-order chi connectivity index (χ0) is 22.2. The van der Waals surface area contributed by atoms with Gasteiger partial charge in [0.25, 0.3) is 0 Å². The highest BCUT2D eigenvalue weighted by Crippen LogP contribution is 2.34. The number of nitrogens with one attached hydrogen (secondary N) is 1. The largest absolute Gasteiger partial charge is 0.369 e. The number of fused-ring (bicyclic) bond motifs is 1. The summed E-state index contributed by atoms with van der Waals surface area (Å²) in [5.74, 6) is 0. The van der Waals surface area contributed by atoms with Gasteiger partial charge in [0.1, 0.15) is 4.90 Å². The summed E-state index contributed by atoms with van der Waals surface area (Å²) in [5.41, 5.74) is 5.44. The fourth-order valence-corrected chi connectivity index (χ4v) is 6.37. The molecule has 6 nitrogen and oxygen atoms in total. The van der Waals surface area contributed by atoms with Crippen LogP contribution in [0.15, 0.2) is 35.2 Å². The standard InChI is InChI=1S/C23H27ClN4O2S/c1-16-3-7-22(28-11-9-27(2)10-12-28)20-14-18(5-6-19(16)20)26-31(29,30)23-8-4-17(15-25)13-21(23)24/h3-4,7-8,13,18,26H,5-6,9-12,14H2,1-2H3/t18-/m1/s1. The molecule has 0 radical (unpaired) electrons. The number of halogens is 1. The van der Waals surface area contributed by atoms with E-state index in [1.165, 1.54) is 40.6 Å². The van der Waals surface area contributed by atoms with Gasteiger partial charge in [-0.15, -0.1) is 0 Å². The lowest BCUT2D eigenvalue weighted by atomic mass is 9.84. The maximum atomic E-state index is 13.0. The van der Waals surface area contributed by atoms with E-state index in [9.17, 15) is 8.42 Å². The number of likely N-dealkylation sites (N-methyl/N-ethyl adjacent to an activating group) is 1. The first-order valence-electron chi connectivity index (χ1n) is 10.6. The molecule has 2 aliphatic rings. The lowest BCUT2D eigenvalue weighted by Crippen LogP contribution is -2.45. The van der Waals surface area contributed by atoms with E-state index >= 15 is 0 Å². The molecule has 0 spiro atoms. The first kappa shape index (κ1) is 22.1. The van der Waals surface area contributed by atoms with Crippen molar-refractivity contribution in [1.82, 2.24) is 9.62 Å². The van der Waals surface area contributed by atoms with Gasteiger partial charge in [-0.2, -0.15) is 5.26 Å². The zero-order valence-electron chi connectivity index (χ0n) is 17.9. The molecule has 164 valence electrons. The lowest BCUT2D eigenvalue weighted by Gasteiger charge is -2.37. The van der Waals surface area contributed by atoms with E-state index in [2.05, 4.69) is 40.6 Å². The smallest absolute Gasteiger partial charge is 0.242 e. The Morgan fingerprint density at radius 1 is 1.13 bits per heavy atom. The Labute approximate surface area is 189 Å². The van der Waals surface area contributed by atoms with Crippen molar-refractivity contribution < 1.29 is 8.42 Å². The van der Waals surface area contributed by atoms with E-state index in [1.54, 1.807) is 0 Å². The fraction of sp³-hybridized carbons (Fsp3) is 0.435. The summed E-state index contributed by atoms with van der Waals surface area (Å²) in [5, 5.41) is 9.07. The molecular formula is C23H27ClN4O2S. The molecule has 2 aromatic rings. The Bertz CT molecular complexity index is 1130. The predicted molar refractivity (Wildman–Crippen MR) is 123 cm³/mol. The summed E-state index contributed by atoms with van der Waals surface area (Å²) >= 11 is 6.17. The number of hydrogen-bond acceptors (Lipinski definition) is 5. The highest BCUT2D eigenvalue weighted by molar-refractivity contribution is 7.89. The van der Waals surface area contributed by atoms with Crippen LogP contribution >= 0.6 is 11.6 Å². The van der Waals surface area contributed by atoms with Crippen molar-refractivity contribution in [3.05, 3.63) is 57.6 Å². The average Bonchev–Trinajstić information content (AvgIpc) is 2.74. The topological polar surface area (TPSA) is 76.4 Å². The van der Waals surface area contributed by atoms with Crippen molar-refractivity contribution in [3.63, 3.8) is 0 Å². The van der Waals surface area contributed by atoms with Gasteiger partial charge in [0, 0.05) is 37.9 Å². The van der Waals surface area contributed by atoms with Crippen LogP contribution < -0.4 is 9.62 Å². The van der Waals surface area contributed by atoms with Crippen LogP contribution in [0, 0.1) is 18.3 Å². The van der Waals surface area contributed by atoms with Gasteiger partial charge in [0.05, 0.1) is 16.7 Å². The summed E-state index contributed by atoms with van der Waals surface area (Å²) in [7, 11) is -1.64. The molecule has 1 fully saturated rings. The zero-order valence-corrected chi connectivity index (χ0v) is 19.4. The van der Waals surface area contributed by atoms with Crippen LogP contribution in [0.2, 0.25) is 5.02 Å². The molecule has 4 rings (SSSR count). The van der Waals surface area contributed by atoms with E-state index < -0.39 is 10.0 Å². The van der Waals surface area contributed by atoms with Gasteiger partial charge in [0.15, 0.2) is 0 Å². The van der Waals surface area contributed by atoms with Crippen LogP contribution in [0.25, 0.3) is 0 Å². The van der Waals surface area contributed by atoms with Gasteiger partial charge in [0.2, 0.25) is 10.0 Å². The lowest BCUT2D eigenvalue weighted by molar-refractivity contribution is 0.312. The molecule has 1 aliphatic carbocycles. The van der Waals surface area contributed by atoms with E-state index in [0.717, 1.165) is 39.0 Å². The molecule has 1 aliphatic heterocycles. The van der Waals surface area contributed by atoms with Gasteiger partial charge in [-0.05, 0) is 74.2 Å². The van der Waals surface area contributed by atoms with E-state index in [0.29, 0.717) is 12.0 Å². The second-order valence-electron chi connectivity index (χ2n) is 8.47. The number of nitrogens with zero attached hydrogens (tertiary/aromatic N) is 3. The molecule has 0 saturated carbocycles. The van der Waals surface area contributed by atoms with Crippen LogP contribution in [0.5, 0.6) is 0 Å². The molecule has 1 saturated heterocycles. The van der Waals surface area contributed by atoms with Gasteiger partial charge < -0.3 is 9.80 Å². The highest BCUT2D eigenvalue weighted by Gasteiger charge is 2.29.